The van der Waals surface area contributed by atoms with Crippen LogP contribution >= 0.6 is 0 Å². The topological polar surface area (TPSA) is 140 Å². The second kappa shape index (κ2) is 11.1. The third kappa shape index (κ3) is 5.33. The van der Waals surface area contributed by atoms with Gasteiger partial charge in [-0.05, 0) is 49.2 Å². The molecular formula is C28H28N8O3. The minimum Gasteiger partial charge on any atom is -0.366 e. The van der Waals surface area contributed by atoms with E-state index >= 15 is 0 Å². The van der Waals surface area contributed by atoms with E-state index in [4.69, 9.17) is 0 Å². The number of imidazole rings is 1. The molecule has 0 bridgehead atoms. The maximum atomic E-state index is 12.7. The number of hydrogen-bond donors (Lipinski definition) is 3. The maximum absolute atomic E-state index is 12.7. The summed E-state index contributed by atoms with van der Waals surface area (Å²) in [6.07, 6.45) is 4.84. The molecule has 5 aromatic rings. The number of carbonyl (C=O) groups is 1. The van der Waals surface area contributed by atoms with Gasteiger partial charge >= 0.3 is 5.69 Å². The van der Waals surface area contributed by atoms with Crippen LogP contribution in [0.15, 0.2) is 76.7 Å². The first-order valence-electron chi connectivity index (χ1n) is 12.7. The molecule has 0 fully saturated rings. The Morgan fingerprint density at radius 2 is 1.67 bits per heavy atom. The summed E-state index contributed by atoms with van der Waals surface area (Å²) in [6.45, 7) is 5.29. The van der Waals surface area contributed by atoms with E-state index in [1.165, 1.54) is 15.3 Å². The predicted molar refractivity (Wildman–Crippen MR) is 148 cm³/mol. The van der Waals surface area contributed by atoms with Crippen LogP contribution in [0.3, 0.4) is 0 Å². The zero-order chi connectivity index (χ0) is 27.4. The van der Waals surface area contributed by atoms with E-state index in [0.29, 0.717) is 53.6 Å². The SMILES string of the molecule is CCn1c(=O)c2[nH]c(-c3ccc(NCc4ccc(CNC(=O)c5cccnc5)cc4)nc3)nc2n(CC)c1=O. The molecule has 0 radical (unpaired) electrons. The number of fused-ring (bicyclic) bond motifs is 1. The number of aryl methyl sites for hydroxylation is 1. The summed E-state index contributed by atoms with van der Waals surface area (Å²) in [5, 5.41) is 6.18. The van der Waals surface area contributed by atoms with Gasteiger partial charge in [-0.25, -0.2) is 14.8 Å². The minimum absolute atomic E-state index is 0.163. The molecule has 4 heterocycles. The zero-order valence-corrected chi connectivity index (χ0v) is 21.6. The minimum atomic E-state index is -0.380. The highest BCUT2D eigenvalue weighted by molar-refractivity contribution is 5.93. The van der Waals surface area contributed by atoms with Gasteiger partial charge in [0.25, 0.3) is 11.5 Å². The van der Waals surface area contributed by atoms with Crippen LogP contribution in [0.4, 0.5) is 5.82 Å². The fraction of sp³-hybridized carbons (Fsp3) is 0.214. The van der Waals surface area contributed by atoms with E-state index in [9.17, 15) is 14.4 Å². The molecule has 11 nitrogen and oxygen atoms in total. The Bertz CT molecular complexity index is 1720. The van der Waals surface area contributed by atoms with Gasteiger partial charge in [-0.2, -0.15) is 0 Å². The van der Waals surface area contributed by atoms with Crippen LogP contribution < -0.4 is 21.9 Å². The zero-order valence-electron chi connectivity index (χ0n) is 21.6. The Labute approximate surface area is 223 Å². The van der Waals surface area contributed by atoms with Gasteiger partial charge < -0.3 is 15.6 Å². The molecule has 1 amide bonds. The van der Waals surface area contributed by atoms with Crippen LogP contribution in [0, 0.1) is 0 Å². The van der Waals surface area contributed by atoms with Crippen molar-refractivity contribution in [3.8, 4) is 11.4 Å². The number of rotatable bonds is 9. The van der Waals surface area contributed by atoms with Crippen LogP contribution in [-0.4, -0.2) is 35.0 Å². The molecule has 1 aromatic carbocycles. The van der Waals surface area contributed by atoms with Gasteiger partial charge in [0.05, 0.1) is 5.56 Å². The number of amides is 1. The van der Waals surface area contributed by atoms with Gasteiger partial charge in [0.2, 0.25) is 0 Å². The summed E-state index contributed by atoms with van der Waals surface area (Å²) in [5.41, 5.74) is 3.17. The molecular weight excluding hydrogens is 496 g/mol. The van der Waals surface area contributed by atoms with Crippen molar-refractivity contribution in [1.29, 1.82) is 0 Å². The van der Waals surface area contributed by atoms with Crippen molar-refractivity contribution < 1.29 is 4.79 Å². The molecule has 0 spiro atoms. The van der Waals surface area contributed by atoms with E-state index < -0.39 is 0 Å². The molecule has 3 N–H and O–H groups in total. The van der Waals surface area contributed by atoms with Crippen LogP contribution in [0.2, 0.25) is 0 Å². The van der Waals surface area contributed by atoms with Gasteiger partial charge in [0.1, 0.15) is 17.2 Å². The second-order valence-corrected chi connectivity index (χ2v) is 8.89. The highest BCUT2D eigenvalue weighted by Gasteiger charge is 2.16. The quantitative estimate of drug-likeness (QED) is 0.269. The van der Waals surface area contributed by atoms with Gasteiger partial charge in [-0.15, -0.1) is 0 Å². The van der Waals surface area contributed by atoms with Crippen molar-refractivity contribution in [2.75, 3.05) is 5.32 Å². The first kappa shape index (κ1) is 25.6. The highest BCUT2D eigenvalue weighted by Crippen LogP contribution is 2.19. The van der Waals surface area contributed by atoms with Crippen molar-refractivity contribution in [3.63, 3.8) is 0 Å². The first-order valence-corrected chi connectivity index (χ1v) is 12.7. The van der Waals surface area contributed by atoms with E-state index in [1.54, 1.807) is 31.5 Å². The predicted octanol–water partition coefficient (Wildman–Crippen LogP) is 2.93. The molecule has 0 aliphatic carbocycles. The molecule has 39 heavy (non-hydrogen) atoms. The Kier molecular flexibility index (Phi) is 7.30. The largest absolute Gasteiger partial charge is 0.366 e. The molecule has 5 rings (SSSR count). The summed E-state index contributed by atoms with van der Waals surface area (Å²) in [7, 11) is 0. The van der Waals surface area contributed by atoms with Crippen LogP contribution in [0.25, 0.3) is 22.6 Å². The smallest absolute Gasteiger partial charge is 0.332 e. The Hall–Kier alpha value is -5.06. The van der Waals surface area contributed by atoms with E-state index in [0.717, 1.165) is 11.1 Å². The second-order valence-electron chi connectivity index (χ2n) is 8.89. The molecule has 0 aliphatic rings. The number of aromatic amines is 1. The lowest BCUT2D eigenvalue weighted by Crippen LogP contribution is -2.39. The summed E-state index contributed by atoms with van der Waals surface area (Å²) < 4.78 is 2.69. The third-order valence-electron chi connectivity index (χ3n) is 6.40. The van der Waals surface area contributed by atoms with Crippen LogP contribution in [-0.2, 0) is 26.2 Å². The number of nitrogens with zero attached hydrogens (tertiary/aromatic N) is 5. The molecule has 0 unspecified atom stereocenters. The third-order valence-corrected chi connectivity index (χ3v) is 6.40. The number of aromatic nitrogens is 6. The van der Waals surface area contributed by atoms with Crippen molar-refractivity contribution >= 4 is 22.9 Å². The number of hydrogen-bond acceptors (Lipinski definition) is 7. The van der Waals surface area contributed by atoms with E-state index in [2.05, 4.69) is 30.6 Å². The van der Waals surface area contributed by atoms with Gasteiger partial charge in [-0.1, -0.05) is 24.3 Å². The van der Waals surface area contributed by atoms with Crippen LogP contribution in [0.5, 0.6) is 0 Å². The molecule has 0 saturated heterocycles. The van der Waals surface area contributed by atoms with Crippen molar-refractivity contribution in [2.24, 2.45) is 0 Å². The number of pyridine rings is 2. The van der Waals surface area contributed by atoms with Crippen molar-refractivity contribution in [1.82, 2.24) is 34.4 Å². The van der Waals surface area contributed by atoms with Gasteiger partial charge in [0.15, 0.2) is 5.65 Å². The number of benzene rings is 1. The Morgan fingerprint density at radius 3 is 2.31 bits per heavy atom. The average Bonchev–Trinajstić information content (AvgIpc) is 3.42. The maximum Gasteiger partial charge on any atom is 0.332 e. The van der Waals surface area contributed by atoms with Crippen LogP contribution in [0.1, 0.15) is 35.3 Å². The van der Waals surface area contributed by atoms with Gasteiger partial charge in [0, 0.05) is 50.3 Å². The normalized spacial score (nSPS) is 11.0. The van der Waals surface area contributed by atoms with E-state index in [-0.39, 0.29) is 23.7 Å². The monoisotopic (exact) mass is 524 g/mol. The van der Waals surface area contributed by atoms with Gasteiger partial charge in [-0.3, -0.25) is 23.7 Å². The average molecular weight is 525 g/mol. The standard InChI is InChI=1S/C28H28N8O3/c1-3-35-25-23(27(38)36(4-2)28(35)39)33-24(34-25)20-11-12-22(31-17-20)30-14-18-7-9-19(10-8-18)15-32-26(37)21-6-5-13-29-16-21/h5-13,16-17H,3-4,14-15H2,1-2H3,(H,30,31)(H,32,37)(H,33,34). The van der Waals surface area contributed by atoms with Crippen molar-refractivity contribution in [2.45, 2.75) is 40.0 Å². The number of H-pyrrole nitrogens is 1. The molecule has 0 saturated carbocycles. The lowest BCUT2D eigenvalue weighted by molar-refractivity contribution is 0.0950. The number of carbonyl (C=O) groups excluding carboxylic acids is 1. The lowest BCUT2D eigenvalue weighted by Gasteiger charge is -2.08. The molecule has 198 valence electrons. The van der Waals surface area contributed by atoms with E-state index in [1.807, 2.05) is 43.3 Å². The summed E-state index contributed by atoms with van der Waals surface area (Å²) in [6, 6.07) is 15.1. The fourth-order valence-electron chi connectivity index (χ4n) is 4.25. The molecule has 4 aromatic heterocycles. The number of anilines is 1. The summed E-state index contributed by atoms with van der Waals surface area (Å²) in [4.78, 5) is 53.6. The fourth-order valence-corrected chi connectivity index (χ4v) is 4.25. The Morgan fingerprint density at radius 1 is 0.923 bits per heavy atom. The highest BCUT2D eigenvalue weighted by atomic mass is 16.2. The summed E-state index contributed by atoms with van der Waals surface area (Å²) in [5.74, 6) is 0.994. The lowest BCUT2D eigenvalue weighted by atomic mass is 10.1. The number of nitrogens with one attached hydrogen (secondary N) is 3. The molecule has 0 aliphatic heterocycles. The van der Waals surface area contributed by atoms with Crippen molar-refractivity contribution in [3.05, 3.63) is 105 Å². The summed E-state index contributed by atoms with van der Waals surface area (Å²) >= 11 is 0. The molecule has 11 heteroatoms. The Balaban J connectivity index is 1.22. The first-order chi connectivity index (χ1) is 19.0. The molecule has 0 atom stereocenters.